The van der Waals surface area contributed by atoms with Gasteiger partial charge in [-0.2, -0.15) is 5.26 Å². The Labute approximate surface area is 193 Å². The van der Waals surface area contributed by atoms with Crippen LogP contribution in [0, 0.1) is 25.2 Å². The second kappa shape index (κ2) is 10.4. The van der Waals surface area contributed by atoms with Gasteiger partial charge < -0.3 is 24.1 Å². The SMILES string of the molecule is COc1ccc(-n2c(C)cc(/C=C(\C#N)C(=O)NCc3ccc(OC)cc3OC)c2C)cc1. The number of nitriles is 1. The molecule has 0 saturated heterocycles. The number of benzene rings is 2. The maximum atomic E-state index is 12.7. The van der Waals surface area contributed by atoms with E-state index in [0.717, 1.165) is 34.0 Å². The average Bonchev–Trinajstić information content (AvgIpc) is 3.13. The van der Waals surface area contributed by atoms with Gasteiger partial charge in [0.05, 0.1) is 21.3 Å². The van der Waals surface area contributed by atoms with Crippen LogP contribution in [0.15, 0.2) is 54.1 Å². The molecule has 3 aromatic rings. The molecule has 0 aliphatic heterocycles. The Morgan fingerprint density at radius 2 is 1.67 bits per heavy atom. The summed E-state index contributed by atoms with van der Waals surface area (Å²) in [4.78, 5) is 12.7. The predicted molar refractivity (Wildman–Crippen MR) is 127 cm³/mol. The third-order valence-corrected chi connectivity index (χ3v) is 5.40. The van der Waals surface area contributed by atoms with Gasteiger partial charge in [-0.3, -0.25) is 4.79 Å². The van der Waals surface area contributed by atoms with E-state index in [9.17, 15) is 10.1 Å². The van der Waals surface area contributed by atoms with Crippen LogP contribution in [-0.2, 0) is 11.3 Å². The van der Waals surface area contributed by atoms with Crippen LogP contribution in [0.1, 0.15) is 22.5 Å². The lowest BCUT2D eigenvalue weighted by molar-refractivity contribution is -0.117. The number of carbonyl (C=O) groups is 1. The van der Waals surface area contributed by atoms with Crippen molar-refractivity contribution in [1.29, 1.82) is 5.26 Å². The van der Waals surface area contributed by atoms with Crippen LogP contribution in [-0.4, -0.2) is 31.8 Å². The lowest BCUT2D eigenvalue weighted by atomic mass is 10.1. The van der Waals surface area contributed by atoms with Gasteiger partial charge in [0.25, 0.3) is 5.91 Å². The molecular weight excluding hydrogens is 418 g/mol. The van der Waals surface area contributed by atoms with Crippen LogP contribution >= 0.6 is 0 Å². The van der Waals surface area contributed by atoms with Crippen molar-refractivity contribution in [3.8, 4) is 29.0 Å². The summed E-state index contributed by atoms with van der Waals surface area (Å²) in [5, 5.41) is 12.4. The molecule has 0 aliphatic rings. The van der Waals surface area contributed by atoms with Gasteiger partial charge in [0.2, 0.25) is 0 Å². The summed E-state index contributed by atoms with van der Waals surface area (Å²) in [5.41, 5.74) is 4.50. The highest BCUT2D eigenvalue weighted by atomic mass is 16.5. The molecule has 1 amide bonds. The molecule has 0 spiro atoms. The Morgan fingerprint density at radius 3 is 2.27 bits per heavy atom. The highest BCUT2D eigenvalue weighted by Gasteiger charge is 2.15. The zero-order chi connectivity index (χ0) is 24.0. The van der Waals surface area contributed by atoms with E-state index in [2.05, 4.69) is 9.88 Å². The van der Waals surface area contributed by atoms with E-state index < -0.39 is 5.91 Å². The number of aromatic nitrogens is 1. The van der Waals surface area contributed by atoms with Gasteiger partial charge in [0.1, 0.15) is 28.9 Å². The molecule has 7 nitrogen and oxygen atoms in total. The lowest BCUT2D eigenvalue weighted by Gasteiger charge is -2.11. The highest BCUT2D eigenvalue weighted by Crippen LogP contribution is 2.26. The molecule has 0 fully saturated rings. The van der Waals surface area contributed by atoms with E-state index in [1.165, 1.54) is 0 Å². The summed E-state index contributed by atoms with van der Waals surface area (Å²) >= 11 is 0. The number of nitrogens with one attached hydrogen (secondary N) is 1. The summed E-state index contributed by atoms with van der Waals surface area (Å²) in [5.74, 6) is 1.58. The Balaban J connectivity index is 1.82. The second-order valence-electron chi connectivity index (χ2n) is 7.39. The first kappa shape index (κ1) is 23.5. The van der Waals surface area contributed by atoms with Gasteiger partial charge in [0, 0.05) is 35.2 Å². The minimum atomic E-state index is -0.454. The molecule has 1 heterocycles. The second-order valence-corrected chi connectivity index (χ2v) is 7.39. The van der Waals surface area contributed by atoms with Crippen LogP contribution in [0.5, 0.6) is 17.2 Å². The number of aryl methyl sites for hydroxylation is 1. The largest absolute Gasteiger partial charge is 0.497 e. The van der Waals surface area contributed by atoms with Crippen molar-refractivity contribution in [2.24, 2.45) is 0 Å². The van der Waals surface area contributed by atoms with Crippen molar-refractivity contribution in [1.82, 2.24) is 9.88 Å². The molecule has 1 N–H and O–H groups in total. The number of rotatable bonds is 8. The summed E-state index contributed by atoms with van der Waals surface area (Å²) in [6, 6.07) is 17.0. The number of hydrogen-bond acceptors (Lipinski definition) is 5. The summed E-state index contributed by atoms with van der Waals surface area (Å²) < 4.78 is 17.9. The molecule has 0 aliphatic carbocycles. The van der Waals surface area contributed by atoms with Crippen molar-refractivity contribution in [2.75, 3.05) is 21.3 Å². The number of hydrogen-bond donors (Lipinski definition) is 1. The molecule has 170 valence electrons. The van der Waals surface area contributed by atoms with Crippen LogP contribution < -0.4 is 19.5 Å². The number of ether oxygens (including phenoxy) is 3. The molecule has 0 radical (unpaired) electrons. The Bertz CT molecular complexity index is 1220. The fourth-order valence-corrected chi connectivity index (χ4v) is 3.64. The topological polar surface area (TPSA) is 85.5 Å². The maximum absolute atomic E-state index is 12.7. The van der Waals surface area contributed by atoms with Gasteiger partial charge in [-0.25, -0.2) is 0 Å². The fourth-order valence-electron chi connectivity index (χ4n) is 3.64. The van der Waals surface area contributed by atoms with Gasteiger partial charge in [-0.1, -0.05) is 0 Å². The minimum Gasteiger partial charge on any atom is -0.497 e. The zero-order valence-corrected chi connectivity index (χ0v) is 19.4. The van der Waals surface area contributed by atoms with Crippen LogP contribution in [0.3, 0.4) is 0 Å². The van der Waals surface area contributed by atoms with Crippen molar-refractivity contribution in [3.05, 3.63) is 76.6 Å². The van der Waals surface area contributed by atoms with Gasteiger partial charge in [-0.15, -0.1) is 0 Å². The zero-order valence-electron chi connectivity index (χ0n) is 19.4. The molecule has 33 heavy (non-hydrogen) atoms. The molecule has 2 aromatic carbocycles. The summed E-state index contributed by atoms with van der Waals surface area (Å²) in [6.45, 7) is 4.16. The monoisotopic (exact) mass is 445 g/mol. The van der Waals surface area contributed by atoms with Crippen molar-refractivity contribution < 1.29 is 19.0 Å². The molecule has 3 rings (SSSR count). The molecule has 0 atom stereocenters. The summed E-state index contributed by atoms with van der Waals surface area (Å²) in [7, 11) is 4.76. The van der Waals surface area contributed by atoms with Crippen LogP contribution in [0.2, 0.25) is 0 Å². The van der Waals surface area contributed by atoms with E-state index in [0.29, 0.717) is 11.5 Å². The Hall–Kier alpha value is -4.18. The first-order valence-electron chi connectivity index (χ1n) is 10.4. The predicted octanol–water partition coefficient (Wildman–Crippen LogP) is 4.34. The van der Waals surface area contributed by atoms with Gasteiger partial charge in [0.15, 0.2) is 0 Å². The van der Waals surface area contributed by atoms with Gasteiger partial charge in [-0.05, 0) is 68.0 Å². The minimum absolute atomic E-state index is 0.0254. The third kappa shape index (κ3) is 5.18. The standard InChI is InChI=1S/C26H27N3O4/c1-17-12-20(18(2)29(17)22-7-10-23(31-3)11-8-22)13-21(15-27)26(30)28-16-19-6-9-24(32-4)14-25(19)33-5/h6-14H,16H2,1-5H3,(H,28,30)/b21-13+. The first-order valence-corrected chi connectivity index (χ1v) is 10.4. The van der Waals surface area contributed by atoms with Crippen LogP contribution in [0.25, 0.3) is 11.8 Å². The number of nitrogens with zero attached hydrogens (tertiary/aromatic N) is 2. The first-order chi connectivity index (χ1) is 15.9. The Kier molecular flexibility index (Phi) is 7.42. The molecule has 0 bridgehead atoms. The van der Waals surface area contributed by atoms with Crippen molar-refractivity contribution in [2.45, 2.75) is 20.4 Å². The quantitative estimate of drug-likeness (QED) is 0.412. The highest BCUT2D eigenvalue weighted by molar-refractivity contribution is 6.01. The molecule has 1 aromatic heterocycles. The number of amides is 1. The average molecular weight is 446 g/mol. The maximum Gasteiger partial charge on any atom is 0.262 e. The number of carbonyl (C=O) groups excluding carboxylic acids is 1. The van der Waals surface area contributed by atoms with Gasteiger partial charge >= 0.3 is 0 Å². The Morgan fingerprint density at radius 1 is 1.00 bits per heavy atom. The van der Waals surface area contributed by atoms with Crippen LogP contribution in [0.4, 0.5) is 0 Å². The summed E-state index contributed by atoms with van der Waals surface area (Å²) in [6.07, 6.45) is 1.61. The normalized spacial score (nSPS) is 11.0. The smallest absolute Gasteiger partial charge is 0.262 e. The van der Waals surface area contributed by atoms with E-state index in [-0.39, 0.29) is 12.1 Å². The molecule has 7 heteroatoms. The third-order valence-electron chi connectivity index (χ3n) is 5.40. The van der Waals surface area contributed by atoms with E-state index in [1.807, 2.05) is 56.3 Å². The molecular formula is C26H27N3O4. The van der Waals surface area contributed by atoms with Crippen molar-refractivity contribution >= 4 is 12.0 Å². The fraction of sp³-hybridized carbons (Fsp3) is 0.231. The van der Waals surface area contributed by atoms with E-state index in [4.69, 9.17) is 14.2 Å². The molecule has 0 unspecified atom stereocenters. The van der Waals surface area contributed by atoms with Crippen molar-refractivity contribution in [3.63, 3.8) is 0 Å². The van der Waals surface area contributed by atoms with E-state index >= 15 is 0 Å². The number of methoxy groups -OCH3 is 3. The lowest BCUT2D eigenvalue weighted by Crippen LogP contribution is -2.24. The molecule has 0 saturated carbocycles. The van der Waals surface area contributed by atoms with E-state index in [1.54, 1.807) is 39.5 Å².